The molecule has 0 aromatic heterocycles. The van der Waals surface area contributed by atoms with E-state index >= 15 is 0 Å². The molecule has 0 aliphatic heterocycles. The summed E-state index contributed by atoms with van der Waals surface area (Å²) in [5, 5.41) is 6.90. The van der Waals surface area contributed by atoms with E-state index in [1.165, 1.54) is 51.5 Å². The second-order valence-corrected chi connectivity index (χ2v) is 7.20. The third-order valence-corrected chi connectivity index (χ3v) is 5.13. The molecular formula is C20H43IN4O. The van der Waals surface area contributed by atoms with E-state index in [2.05, 4.69) is 41.3 Å². The van der Waals surface area contributed by atoms with E-state index in [0.29, 0.717) is 12.1 Å². The summed E-state index contributed by atoms with van der Waals surface area (Å²) in [6.07, 6.45) is 10.5. The van der Waals surface area contributed by atoms with Crippen molar-refractivity contribution in [3.05, 3.63) is 0 Å². The van der Waals surface area contributed by atoms with Crippen molar-refractivity contribution in [1.82, 2.24) is 15.5 Å². The first kappa shape index (κ1) is 25.9. The van der Waals surface area contributed by atoms with Gasteiger partial charge in [-0.25, -0.2) is 0 Å². The molecule has 26 heavy (non-hydrogen) atoms. The van der Waals surface area contributed by atoms with Gasteiger partial charge in [-0.2, -0.15) is 0 Å². The Hall–Kier alpha value is -0.0800. The lowest BCUT2D eigenvalue weighted by atomic mass is 9.98. The zero-order chi connectivity index (χ0) is 18.3. The topological polar surface area (TPSA) is 48.9 Å². The SMILES string of the molecule is CCN(CC)CCCC(C)NC(=NC)NCCCOC1CCCCC1.I. The van der Waals surface area contributed by atoms with E-state index < -0.39 is 0 Å². The van der Waals surface area contributed by atoms with Crippen LogP contribution < -0.4 is 10.6 Å². The van der Waals surface area contributed by atoms with Crippen LogP contribution in [0.3, 0.4) is 0 Å². The molecule has 5 nitrogen and oxygen atoms in total. The van der Waals surface area contributed by atoms with Crippen molar-refractivity contribution < 1.29 is 4.74 Å². The zero-order valence-electron chi connectivity index (χ0n) is 17.6. The number of halogens is 1. The van der Waals surface area contributed by atoms with Crippen molar-refractivity contribution in [2.75, 3.05) is 39.8 Å². The number of hydrogen-bond donors (Lipinski definition) is 2. The highest BCUT2D eigenvalue weighted by Crippen LogP contribution is 2.20. The summed E-state index contributed by atoms with van der Waals surface area (Å²) in [6.45, 7) is 11.9. The maximum atomic E-state index is 5.97. The van der Waals surface area contributed by atoms with Gasteiger partial charge in [0.25, 0.3) is 0 Å². The number of nitrogens with zero attached hydrogens (tertiary/aromatic N) is 2. The van der Waals surface area contributed by atoms with Crippen molar-refractivity contribution in [2.24, 2.45) is 4.99 Å². The van der Waals surface area contributed by atoms with Gasteiger partial charge in [0.2, 0.25) is 0 Å². The molecule has 2 N–H and O–H groups in total. The van der Waals surface area contributed by atoms with Crippen molar-refractivity contribution >= 4 is 29.9 Å². The highest BCUT2D eigenvalue weighted by molar-refractivity contribution is 14.0. The molecule has 0 radical (unpaired) electrons. The molecule has 1 atom stereocenters. The number of ether oxygens (including phenoxy) is 1. The van der Waals surface area contributed by atoms with Crippen LogP contribution in [0.15, 0.2) is 4.99 Å². The second-order valence-electron chi connectivity index (χ2n) is 7.20. The highest BCUT2D eigenvalue weighted by Gasteiger charge is 2.13. The van der Waals surface area contributed by atoms with Gasteiger partial charge in [0.15, 0.2) is 5.96 Å². The fourth-order valence-corrected chi connectivity index (χ4v) is 3.42. The van der Waals surface area contributed by atoms with Crippen LogP contribution in [-0.2, 0) is 4.74 Å². The number of rotatable bonds is 12. The summed E-state index contributed by atoms with van der Waals surface area (Å²) in [6, 6.07) is 0.445. The number of nitrogens with one attached hydrogen (secondary N) is 2. The molecule has 1 aliphatic carbocycles. The van der Waals surface area contributed by atoms with Crippen LogP contribution in [0.5, 0.6) is 0 Å². The molecule has 0 spiro atoms. The van der Waals surface area contributed by atoms with Crippen molar-refractivity contribution in [3.63, 3.8) is 0 Å². The Morgan fingerprint density at radius 1 is 1.15 bits per heavy atom. The van der Waals surface area contributed by atoms with Gasteiger partial charge in [-0.05, 0) is 58.7 Å². The number of guanidine groups is 1. The van der Waals surface area contributed by atoms with E-state index in [1.807, 2.05) is 7.05 Å². The molecule has 0 saturated heterocycles. The Kier molecular flexibility index (Phi) is 17.0. The first-order valence-corrected chi connectivity index (χ1v) is 10.5. The van der Waals surface area contributed by atoms with Crippen LogP contribution in [0.25, 0.3) is 0 Å². The van der Waals surface area contributed by atoms with Crippen molar-refractivity contribution in [1.29, 1.82) is 0 Å². The molecular weight excluding hydrogens is 439 g/mol. The summed E-state index contributed by atoms with van der Waals surface area (Å²) >= 11 is 0. The fraction of sp³-hybridized carbons (Fsp3) is 0.950. The highest BCUT2D eigenvalue weighted by atomic mass is 127. The molecule has 0 heterocycles. The predicted molar refractivity (Wildman–Crippen MR) is 124 cm³/mol. The number of aliphatic imine (C=N–C) groups is 1. The molecule has 156 valence electrons. The van der Waals surface area contributed by atoms with Gasteiger partial charge in [0.05, 0.1) is 6.10 Å². The minimum absolute atomic E-state index is 0. The van der Waals surface area contributed by atoms with Gasteiger partial charge in [0.1, 0.15) is 0 Å². The molecule has 1 fully saturated rings. The third kappa shape index (κ3) is 12.3. The Balaban J connectivity index is 0.00000625. The van der Waals surface area contributed by atoms with Crippen LogP contribution in [0.1, 0.15) is 72.1 Å². The molecule has 0 bridgehead atoms. The first-order valence-electron chi connectivity index (χ1n) is 10.5. The average molecular weight is 482 g/mol. The van der Waals surface area contributed by atoms with Gasteiger partial charge in [-0.1, -0.05) is 33.1 Å². The standard InChI is InChI=1S/C20H42N4O.HI/c1-5-24(6-2)16-10-12-18(3)23-20(21-4)22-15-11-17-25-19-13-8-7-9-14-19;/h18-19H,5-17H2,1-4H3,(H2,21,22,23);1H. The lowest BCUT2D eigenvalue weighted by molar-refractivity contribution is 0.0277. The van der Waals surface area contributed by atoms with Crippen LogP contribution >= 0.6 is 24.0 Å². The first-order chi connectivity index (χ1) is 12.2. The van der Waals surface area contributed by atoms with E-state index in [1.54, 1.807) is 0 Å². The summed E-state index contributed by atoms with van der Waals surface area (Å²) < 4.78 is 5.97. The number of hydrogen-bond acceptors (Lipinski definition) is 3. The zero-order valence-corrected chi connectivity index (χ0v) is 19.9. The van der Waals surface area contributed by atoms with E-state index in [-0.39, 0.29) is 24.0 Å². The Bertz CT molecular complexity index is 345. The Labute approximate surface area is 179 Å². The van der Waals surface area contributed by atoms with E-state index in [4.69, 9.17) is 4.74 Å². The van der Waals surface area contributed by atoms with Gasteiger partial charge in [-0.3, -0.25) is 4.99 Å². The Morgan fingerprint density at radius 3 is 2.46 bits per heavy atom. The van der Waals surface area contributed by atoms with E-state index in [9.17, 15) is 0 Å². The molecule has 0 amide bonds. The fourth-order valence-electron chi connectivity index (χ4n) is 3.42. The quantitative estimate of drug-likeness (QED) is 0.191. The lowest BCUT2D eigenvalue weighted by Gasteiger charge is -2.22. The molecule has 6 heteroatoms. The molecule has 1 saturated carbocycles. The van der Waals surface area contributed by atoms with Crippen LogP contribution in [0, 0.1) is 0 Å². The summed E-state index contributed by atoms with van der Waals surface area (Å²) in [4.78, 5) is 6.81. The van der Waals surface area contributed by atoms with Gasteiger partial charge in [-0.15, -0.1) is 24.0 Å². The molecule has 1 rings (SSSR count). The maximum Gasteiger partial charge on any atom is 0.191 e. The van der Waals surface area contributed by atoms with Crippen LogP contribution in [0.2, 0.25) is 0 Å². The van der Waals surface area contributed by atoms with E-state index in [0.717, 1.165) is 38.6 Å². The van der Waals surface area contributed by atoms with Crippen molar-refractivity contribution in [2.45, 2.75) is 84.3 Å². The summed E-state index contributed by atoms with van der Waals surface area (Å²) in [5.41, 5.74) is 0. The minimum atomic E-state index is 0. The van der Waals surface area contributed by atoms with Crippen LogP contribution in [-0.4, -0.2) is 62.8 Å². The summed E-state index contributed by atoms with van der Waals surface area (Å²) in [5.74, 6) is 0.910. The molecule has 1 unspecified atom stereocenters. The minimum Gasteiger partial charge on any atom is -0.378 e. The second kappa shape index (κ2) is 17.0. The molecule has 0 aromatic carbocycles. The third-order valence-electron chi connectivity index (χ3n) is 5.13. The maximum absolute atomic E-state index is 5.97. The molecule has 0 aromatic rings. The monoisotopic (exact) mass is 482 g/mol. The predicted octanol–water partition coefficient (Wildman–Crippen LogP) is 4.02. The van der Waals surface area contributed by atoms with Gasteiger partial charge < -0.3 is 20.3 Å². The largest absolute Gasteiger partial charge is 0.378 e. The average Bonchev–Trinajstić information content (AvgIpc) is 2.65. The normalized spacial score (nSPS) is 17.0. The van der Waals surface area contributed by atoms with Crippen molar-refractivity contribution in [3.8, 4) is 0 Å². The van der Waals surface area contributed by atoms with Crippen LogP contribution in [0.4, 0.5) is 0 Å². The lowest BCUT2D eigenvalue weighted by Crippen LogP contribution is -2.43. The smallest absolute Gasteiger partial charge is 0.191 e. The van der Waals surface area contributed by atoms with Gasteiger partial charge >= 0.3 is 0 Å². The van der Waals surface area contributed by atoms with Gasteiger partial charge in [0, 0.05) is 26.2 Å². The summed E-state index contributed by atoms with van der Waals surface area (Å²) in [7, 11) is 1.84. The molecule has 1 aliphatic rings. The Morgan fingerprint density at radius 2 is 1.85 bits per heavy atom.